The molecule has 0 saturated carbocycles. The summed E-state index contributed by atoms with van der Waals surface area (Å²) in [5, 5.41) is 3.14. The van der Waals surface area contributed by atoms with Crippen molar-refractivity contribution in [2.24, 2.45) is 0 Å². The van der Waals surface area contributed by atoms with Crippen LogP contribution < -0.4 is 0 Å². The third-order valence-corrected chi connectivity index (χ3v) is 2.95. The number of hydrogen-bond donors (Lipinski definition) is 0. The van der Waals surface area contributed by atoms with Crippen molar-refractivity contribution in [3.8, 4) is 11.1 Å². The van der Waals surface area contributed by atoms with Crippen LogP contribution in [0, 0.1) is 5.38 Å². The molecular weight excluding hydrogens is 212 g/mol. The highest BCUT2D eigenvalue weighted by molar-refractivity contribution is 7.14. The normalized spacial score (nSPS) is 10.1. The third-order valence-electron chi connectivity index (χ3n) is 1.97. The van der Waals surface area contributed by atoms with E-state index in [2.05, 4.69) is 12.0 Å². The van der Waals surface area contributed by atoms with Crippen LogP contribution in [-0.2, 0) is 0 Å². The molecule has 0 spiro atoms. The lowest BCUT2D eigenvalue weighted by Crippen LogP contribution is -1.74. The minimum absolute atomic E-state index is 0.771. The lowest BCUT2D eigenvalue weighted by molar-refractivity contribution is 1.64. The average Bonchev–Trinajstić information content (AvgIpc) is 2.65. The maximum absolute atomic E-state index is 5.84. The molecule has 0 amide bonds. The minimum Gasteiger partial charge on any atom is -0.122 e. The van der Waals surface area contributed by atoms with E-state index in [1.807, 2.05) is 36.4 Å². The van der Waals surface area contributed by atoms with Gasteiger partial charge in [-0.15, -0.1) is 11.3 Å². The van der Waals surface area contributed by atoms with E-state index in [1.54, 1.807) is 0 Å². The van der Waals surface area contributed by atoms with Gasteiger partial charge in [0.1, 0.15) is 0 Å². The molecule has 0 fully saturated rings. The smallest absolute Gasteiger partial charge is 0.0941 e. The van der Waals surface area contributed by atoms with Crippen LogP contribution in [0.25, 0.3) is 17.2 Å². The zero-order chi connectivity index (χ0) is 9.97. The van der Waals surface area contributed by atoms with Crippen LogP contribution in [-0.4, -0.2) is 0 Å². The monoisotopic (exact) mass is 219 g/mol. The van der Waals surface area contributed by atoms with Crippen LogP contribution in [0.4, 0.5) is 0 Å². The molecule has 1 aromatic carbocycles. The summed E-state index contributed by atoms with van der Waals surface area (Å²) < 4.78 is 0.771. The second-order valence-electron chi connectivity index (χ2n) is 2.89. The molecule has 0 aliphatic rings. The average molecular weight is 220 g/mol. The Hall–Kier alpha value is -1.05. The van der Waals surface area contributed by atoms with Crippen molar-refractivity contribution in [2.45, 2.75) is 0 Å². The molecule has 1 radical (unpaired) electrons. The maximum Gasteiger partial charge on any atom is 0.0941 e. The molecule has 1 heterocycles. The first kappa shape index (κ1) is 9.50. The van der Waals surface area contributed by atoms with Gasteiger partial charge >= 0.3 is 0 Å². The van der Waals surface area contributed by atoms with E-state index in [-0.39, 0.29) is 0 Å². The standard InChI is InChI=1S/C12H8ClS/c1-2-9-3-5-10(6-4-9)11-7-12(13)14-8-11/h2-7H,1H2. The molecule has 0 nitrogen and oxygen atoms in total. The highest BCUT2D eigenvalue weighted by Crippen LogP contribution is 2.28. The summed E-state index contributed by atoms with van der Waals surface area (Å²) in [6.07, 6.45) is 1.83. The van der Waals surface area contributed by atoms with E-state index in [9.17, 15) is 0 Å². The first-order valence-corrected chi connectivity index (χ1v) is 5.39. The predicted molar refractivity (Wildman–Crippen MR) is 63.7 cm³/mol. The topological polar surface area (TPSA) is 0 Å². The fraction of sp³-hybridized carbons (Fsp3) is 0. The van der Waals surface area contributed by atoms with E-state index >= 15 is 0 Å². The van der Waals surface area contributed by atoms with Gasteiger partial charge in [-0.25, -0.2) is 0 Å². The molecule has 14 heavy (non-hydrogen) atoms. The van der Waals surface area contributed by atoms with Gasteiger partial charge in [-0.1, -0.05) is 48.5 Å². The summed E-state index contributed by atoms with van der Waals surface area (Å²) in [5.74, 6) is 0. The van der Waals surface area contributed by atoms with Crippen LogP contribution >= 0.6 is 22.9 Å². The largest absolute Gasteiger partial charge is 0.122 e. The van der Waals surface area contributed by atoms with Gasteiger partial charge in [-0.05, 0) is 17.2 Å². The van der Waals surface area contributed by atoms with Crippen molar-refractivity contribution in [1.82, 2.24) is 0 Å². The van der Waals surface area contributed by atoms with E-state index in [0.29, 0.717) is 0 Å². The van der Waals surface area contributed by atoms with Crippen molar-refractivity contribution >= 4 is 29.0 Å². The Balaban J connectivity index is 2.38. The van der Waals surface area contributed by atoms with Crippen LogP contribution in [0.5, 0.6) is 0 Å². The number of thiophene rings is 1. The number of hydrogen-bond acceptors (Lipinski definition) is 1. The van der Waals surface area contributed by atoms with E-state index in [0.717, 1.165) is 21.0 Å². The zero-order valence-electron chi connectivity index (χ0n) is 7.46. The van der Waals surface area contributed by atoms with Crippen LogP contribution in [0.3, 0.4) is 0 Å². The van der Waals surface area contributed by atoms with Crippen LogP contribution in [0.2, 0.25) is 4.34 Å². The summed E-state index contributed by atoms with van der Waals surface area (Å²) in [5.41, 5.74) is 3.31. The fourth-order valence-electron chi connectivity index (χ4n) is 1.22. The molecule has 69 valence electrons. The summed E-state index contributed by atoms with van der Waals surface area (Å²) in [6.45, 7) is 3.71. The molecule has 0 atom stereocenters. The van der Waals surface area contributed by atoms with Gasteiger partial charge in [-0.3, -0.25) is 0 Å². The summed E-state index contributed by atoms with van der Waals surface area (Å²) >= 11 is 7.27. The van der Waals surface area contributed by atoms with Crippen molar-refractivity contribution < 1.29 is 0 Å². The Labute approximate surface area is 92.5 Å². The highest BCUT2D eigenvalue weighted by atomic mass is 35.5. The zero-order valence-corrected chi connectivity index (χ0v) is 9.03. The molecule has 0 bridgehead atoms. The van der Waals surface area contributed by atoms with Crippen molar-refractivity contribution in [3.63, 3.8) is 0 Å². The molecule has 0 aliphatic carbocycles. The highest BCUT2D eigenvalue weighted by Gasteiger charge is 2.00. The Bertz CT molecular complexity index is 440. The van der Waals surface area contributed by atoms with Gasteiger partial charge in [0.05, 0.1) is 9.72 Å². The molecule has 2 aromatic rings. The first-order chi connectivity index (χ1) is 6.79. The second kappa shape index (κ2) is 3.99. The van der Waals surface area contributed by atoms with Gasteiger partial charge < -0.3 is 0 Å². The van der Waals surface area contributed by atoms with E-state index in [1.165, 1.54) is 11.3 Å². The summed E-state index contributed by atoms with van der Waals surface area (Å²) in [4.78, 5) is 0. The lowest BCUT2D eigenvalue weighted by Gasteiger charge is -1.97. The Morgan fingerprint density at radius 3 is 2.50 bits per heavy atom. The SMILES string of the molecule is C=Cc1ccc(-c2[c]sc(Cl)c2)cc1. The lowest BCUT2D eigenvalue weighted by atomic mass is 10.1. The second-order valence-corrected chi connectivity index (χ2v) is 4.37. The van der Waals surface area contributed by atoms with Gasteiger partial charge in [0.25, 0.3) is 0 Å². The Morgan fingerprint density at radius 1 is 1.29 bits per heavy atom. The molecule has 2 heteroatoms. The van der Waals surface area contributed by atoms with Gasteiger partial charge in [-0.2, -0.15) is 0 Å². The van der Waals surface area contributed by atoms with Gasteiger partial charge in [0.15, 0.2) is 0 Å². The molecule has 0 saturated heterocycles. The fourth-order valence-corrected chi connectivity index (χ4v) is 2.00. The summed E-state index contributed by atoms with van der Waals surface area (Å²) in [6, 6.07) is 10.1. The van der Waals surface area contributed by atoms with Crippen LogP contribution in [0.15, 0.2) is 36.9 Å². The van der Waals surface area contributed by atoms with E-state index < -0.39 is 0 Å². The van der Waals surface area contributed by atoms with Crippen molar-refractivity contribution in [1.29, 1.82) is 0 Å². The van der Waals surface area contributed by atoms with Crippen LogP contribution in [0.1, 0.15) is 5.56 Å². The molecule has 0 aliphatic heterocycles. The number of halogens is 1. The predicted octanol–water partition coefficient (Wildman–Crippen LogP) is 4.51. The molecular formula is C12H8ClS. The molecule has 2 rings (SSSR count). The Kier molecular flexibility index (Phi) is 2.71. The van der Waals surface area contributed by atoms with Gasteiger partial charge in [0, 0.05) is 5.56 Å². The molecule has 1 aromatic heterocycles. The van der Waals surface area contributed by atoms with Gasteiger partial charge in [0.2, 0.25) is 0 Å². The molecule has 0 N–H and O–H groups in total. The first-order valence-electron chi connectivity index (χ1n) is 4.19. The Morgan fingerprint density at radius 2 is 2.00 bits per heavy atom. The minimum atomic E-state index is 0.771. The quantitative estimate of drug-likeness (QED) is 0.697. The maximum atomic E-state index is 5.84. The van der Waals surface area contributed by atoms with E-state index in [4.69, 9.17) is 11.6 Å². The summed E-state index contributed by atoms with van der Waals surface area (Å²) in [7, 11) is 0. The third kappa shape index (κ3) is 1.89. The number of benzene rings is 1. The van der Waals surface area contributed by atoms with Crippen molar-refractivity contribution in [2.75, 3.05) is 0 Å². The number of rotatable bonds is 2. The molecule has 0 unspecified atom stereocenters. The van der Waals surface area contributed by atoms with Crippen molar-refractivity contribution in [3.05, 3.63) is 52.2 Å².